The molecular formula is C14H21NO8S2. The largest absolute Gasteiger partial charge is 0.445 e. The van der Waals surface area contributed by atoms with Gasteiger partial charge in [-0.25, -0.2) is 8.98 Å². The first-order valence-corrected chi connectivity index (χ1v) is 10.9. The molecule has 0 aliphatic heterocycles. The van der Waals surface area contributed by atoms with Crippen LogP contribution in [0.2, 0.25) is 0 Å². The number of nitrogens with one attached hydrogen (secondary N) is 1. The van der Waals surface area contributed by atoms with E-state index in [9.17, 15) is 21.6 Å². The van der Waals surface area contributed by atoms with Gasteiger partial charge in [0.2, 0.25) is 0 Å². The first-order valence-electron chi connectivity index (χ1n) is 7.25. The molecular weight excluding hydrogens is 374 g/mol. The van der Waals surface area contributed by atoms with Crippen LogP contribution in [0.25, 0.3) is 0 Å². The first kappa shape index (κ1) is 21.4. The molecule has 0 radical (unpaired) electrons. The van der Waals surface area contributed by atoms with Crippen molar-refractivity contribution in [3.63, 3.8) is 0 Å². The van der Waals surface area contributed by atoms with Crippen molar-refractivity contribution in [2.75, 3.05) is 19.1 Å². The van der Waals surface area contributed by atoms with Crippen LogP contribution in [0.15, 0.2) is 30.3 Å². The van der Waals surface area contributed by atoms with Gasteiger partial charge in [0.25, 0.3) is 20.2 Å². The van der Waals surface area contributed by atoms with Gasteiger partial charge >= 0.3 is 6.09 Å². The molecule has 0 aliphatic carbocycles. The molecule has 1 atom stereocenters. The molecule has 1 aromatic rings. The molecule has 1 N–H and O–H groups in total. The summed E-state index contributed by atoms with van der Waals surface area (Å²) in [6.45, 7) is -0.154. The van der Waals surface area contributed by atoms with Gasteiger partial charge in [0, 0.05) is 0 Å². The molecule has 1 unspecified atom stereocenters. The molecule has 1 rings (SSSR count). The Kier molecular flexibility index (Phi) is 8.29. The fourth-order valence-electron chi connectivity index (χ4n) is 1.73. The van der Waals surface area contributed by atoms with Crippen molar-refractivity contribution in [1.82, 2.24) is 5.32 Å². The quantitative estimate of drug-likeness (QED) is 0.353. The van der Waals surface area contributed by atoms with E-state index >= 15 is 0 Å². The normalized spacial score (nSPS) is 13.2. The summed E-state index contributed by atoms with van der Waals surface area (Å²) in [7, 11) is -7.42. The second-order valence-electron chi connectivity index (χ2n) is 5.16. The van der Waals surface area contributed by atoms with Crippen LogP contribution < -0.4 is 5.32 Å². The standard InChI is InChI=1S/C14H21NO8S2/c1-24(17,18)22-10-6-9-13(23-25(2,19)20)15-14(16)21-11-12-7-4-3-5-8-12/h3-5,7-8,13H,6,9-11H2,1-2H3,(H,15,16). The highest BCUT2D eigenvalue weighted by molar-refractivity contribution is 7.86. The lowest BCUT2D eigenvalue weighted by molar-refractivity contribution is 0.102. The fraction of sp³-hybridized carbons (Fsp3) is 0.500. The predicted octanol–water partition coefficient (Wildman–Crippen LogP) is 0.971. The van der Waals surface area contributed by atoms with Crippen LogP contribution in [-0.4, -0.2) is 48.3 Å². The van der Waals surface area contributed by atoms with Gasteiger partial charge in [0.1, 0.15) is 6.61 Å². The zero-order valence-corrected chi connectivity index (χ0v) is 15.5. The van der Waals surface area contributed by atoms with Crippen molar-refractivity contribution in [3.05, 3.63) is 35.9 Å². The molecule has 25 heavy (non-hydrogen) atoms. The fourth-order valence-corrected chi connectivity index (χ4v) is 2.72. The zero-order chi connectivity index (χ0) is 18.9. The second-order valence-corrected chi connectivity index (χ2v) is 8.41. The van der Waals surface area contributed by atoms with Crippen LogP contribution in [0.5, 0.6) is 0 Å². The number of carbonyl (C=O) groups is 1. The van der Waals surface area contributed by atoms with Crippen molar-refractivity contribution in [3.8, 4) is 0 Å². The monoisotopic (exact) mass is 395 g/mol. The van der Waals surface area contributed by atoms with Gasteiger partial charge in [0.05, 0.1) is 19.1 Å². The smallest absolute Gasteiger partial charge is 0.409 e. The SMILES string of the molecule is CS(=O)(=O)OCCCC(NC(=O)OCc1ccccc1)OS(C)(=O)=O. The number of hydrogen-bond donors (Lipinski definition) is 1. The van der Waals surface area contributed by atoms with E-state index in [1.54, 1.807) is 24.3 Å². The Labute approximate surface area is 147 Å². The first-order chi connectivity index (χ1) is 11.6. The average molecular weight is 395 g/mol. The van der Waals surface area contributed by atoms with E-state index in [2.05, 4.69) is 9.50 Å². The van der Waals surface area contributed by atoms with Crippen LogP contribution in [-0.2, 0) is 39.9 Å². The number of benzene rings is 1. The Balaban J connectivity index is 2.49. The van der Waals surface area contributed by atoms with E-state index < -0.39 is 32.6 Å². The Morgan fingerprint density at radius 3 is 2.28 bits per heavy atom. The minimum absolute atomic E-state index is 0.00938. The van der Waals surface area contributed by atoms with Crippen LogP contribution in [0.1, 0.15) is 18.4 Å². The summed E-state index contributed by atoms with van der Waals surface area (Å²) >= 11 is 0. The maximum absolute atomic E-state index is 11.8. The van der Waals surface area contributed by atoms with Gasteiger partial charge in [-0.3, -0.25) is 9.50 Å². The minimum atomic E-state index is -3.83. The second kappa shape index (κ2) is 9.70. The van der Waals surface area contributed by atoms with Crippen molar-refractivity contribution in [2.24, 2.45) is 0 Å². The van der Waals surface area contributed by atoms with E-state index in [1.807, 2.05) is 6.07 Å². The summed E-state index contributed by atoms with van der Waals surface area (Å²) in [6, 6.07) is 8.92. The van der Waals surface area contributed by atoms with Crippen molar-refractivity contribution in [1.29, 1.82) is 0 Å². The summed E-state index contributed by atoms with van der Waals surface area (Å²) in [5.74, 6) is 0. The minimum Gasteiger partial charge on any atom is -0.445 e. The molecule has 0 saturated carbocycles. The Morgan fingerprint density at radius 2 is 1.72 bits per heavy atom. The van der Waals surface area contributed by atoms with E-state index in [1.165, 1.54) is 0 Å². The molecule has 0 aromatic heterocycles. The predicted molar refractivity (Wildman–Crippen MR) is 89.5 cm³/mol. The summed E-state index contributed by atoms with van der Waals surface area (Å²) < 4.78 is 58.5. The lowest BCUT2D eigenvalue weighted by Crippen LogP contribution is -2.38. The molecule has 1 aromatic carbocycles. The maximum Gasteiger partial charge on any atom is 0.409 e. The van der Waals surface area contributed by atoms with E-state index in [-0.39, 0.29) is 26.1 Å². The van der Waals surface area contributed by atoms with Crippen LogP contribution in [0.4, 0.5) is 4.79 Å². The Bertz CT molecular complexity index is 746. The molecule has 142 valence electrons. The molecule has 9 nitrogen and oxygen atoms in total. The highest BCUT2D eigenvalue weighted by atomic mass is 32.2. The van der Waals surface area contributed by atoms with E-state index in [0.29, 0.717) is 0 Å². The van der Waals surface area contributed by atoms with Crippen molar-refractivity contribution in [2.45, 2.75) is 25.7 Å². The summed E-state index contributed by atoms with van der Waals surface area (Å²) in [5.41, 5.74) is 0.764. The number of hydrogen-bond acceptors (Lipinski definition) is 8. The summed E-state index contributed by atoms with van der Waals surface area (Å²) in [6.07, 6.45) is -0.154. The molecule has 0 spiro atoms. The van der Waals surface area contributed by atoms with Crippen LogP contribution in [0.3, 0.4) is 0 Å². The van der Waals surface area contributed by atoms with Crippen molar-refractivity contribution >= 4 is 26.3 Å². The molecule has 0 heterocycles. The number of rotatable bonds is 10. The molecule has 0 aliphatic rings. The van der Waals surface area contributed by atoms with Crippen LogP contribution >= 0.6 is 0 Å². The molecule has 0 fully saturated rings. The van der Waals surface area contributed by atoms with Gasteiger partial charge < -0.3 is 4.74 Å². The zero-order valence-electron chi connectivity index (χ0n) is 13.9. The topological polar surface area (TPSA) is 125 Å². The summed E-state index contributed by atoms with van der Waals surface area (Å²) in [4.78, 5) is 11.8. The third-order valence-corrected chi connectivity index (χ3v) is 3.87. The third kappa shape index (κ3) is 11.5. The molecule has 11 heteroatoms. The maximum atomic E-state index is 11.8. The molecule has 0 bridgehead atoms. The highest BCUT2D eigenvalue weighted by Crippen LogP contribution is 2.06. The third-order valence-electron chi connectivity index (χ3n) is 2.69. The number of ether oxygens (including phenoxy) is 1. The van der Waals surface area contributed by atoms with Crippen molar-refractivity contribution < 1.29 is 34.7 Å². The number of amides is 1. The van der Waals surface area contributed by atoms with Gasteiger partial charge in [-0.05, 0) is 18.4 Å². The Morgan fingerprint density at radius 1 is 1.08 bits per heavy atom. The number of alkyl carbamates (subject to hydrolysis) is 1. The van der Waals surface area contributed by atoms with Crippen LogP contribution in [0, 0.1) is 0 Å². The van der Waals surface area contributed by atoms with Gasteiger partial charge in [0.15, 0.2) is 6.23 Å². The van der Waals surface area contributed by atoms with E-state index in [0.717, 1.165) is 18.1 Å². The van der Waals surface area contributed by atoms with Gasteiger partial charge in [-0.1, -0.05) is 30.3 Å². The number of carbonyl (C=O) groups excluding carboxylic acids is 1. The van der Waals surface area contributed by atoms with Gasteiger partial charge in [-0.2, -0.15) is 16.8 Å². The summed E-state index contributed by atoms with van der Waals surface area (Å²) in [5, 5.41) is 2.27. The molecule has 1 amide bonds. The Hall–Kier alpha value is -1.69. The van der Waals surface area contributed by atoms with E-state index in [4.69, 9.17) is 8.92 Å². The average Bonchev–Trinajstić information content (AvgIpc) is 2.48. The van der Waals surface area contributed by atoms with Gasteiger partial charge in [-0.15, -0.1) is 0 Å². The lowest BCUT2D eigenvalue weighted by Gasteiger charge is -2.17. The molecule has 0 saturated heterocycles. The highest BCUT2D eigenvalue weighted by Gasteiger charge is 2.19. The lowest BCUT2D eigenvalue weighted by atomic mass is 10.2.